The Morgan fingerprint density at radius 1 is 1.13 bits per heavy atom. The predicted octanol–water partition coefficient (Wildman–Crippen LogP) is 5.22. The Hall–Kier alpha value is -2.49. The van der Waals surface area contributed by atoms with Crippen LogP contribution in [0.1, 0.15) is 82.4 Å². The number of ketones is 1. The molecule has 6 aliphatic rings. The van der Waals surface area contributed by atoms with E-state index in [4.69, 9.17) is 14.2 Å². The van der Waals surface area contributed by atoms with Crippen LogP contribution in [0.3, 0.4) is 0 Å². The van der Waals surface area contributed by atoms with E-state index in [1.54, 1.807) is 7.11 Å². The fraction of sp³-hybridized carbons (Fsp3) is 0.667. The minimum atomic E-state index is -0.990. The first-order valence-corrected chi connectivity index (χ1v) is 14.8. The monoisotopic (exact) mass is 531 g/mol. The fourth-order valence-corrected chi connectivity index (χ4v) is 9.59. The van der Waals surface area contributed by atoms with Crippen LogP contribution in [0.25, 0.3) is 0 Å². The average Bonchev–Trinajstić information content (AvgIpc) is 3.48. The van der Waals surface area contributed by atoms with Crippen LogP contribution in [0, 0.1) is 40.4 Å². The smallest absolute Gasteiger partial charge is 0.231 e. The second kappa shape index (κ2) is 8.75. The number of aliphatic hydroxyl groups is 1. The van der Waals surface area contributed by atoms with Crippen LogP contribution in [0.2, 0.25) is 0 Å². The summed E-state index contributed by atoms with van der Waals surface area (Å²) in [6.07, 6.45) is 10.5. The third kappa shape index (κ3) is 3.79. The van der Waals surface area contributed by atoms with Crippen LogP contribution in [0.15, 0.2) is 17.7 Å². The van der Waals surface area contributed by atoms with Crippen molar-refractivity contribution in [3.05, 3.63) is 28.8 Å². The van der Waals surface area contributed by atoms with E-state index < -0.39 is 5.60 Å². The summed E-state index contributed by atoms with van der Waals surface area (Å²) >= 11 is 0. The van der Waals surface area contributed by atoms with Crippen molar-refractivity contribution in [2.45, 2.75) is 83.3 Å². The zero-order valence-electron chi connectivity index (χ0n) is 23.8. The van der Waals surface area contributed by atoms with Crippen LogP contribution in [-0.2, 0) is 11.2 Å². The van der Waals surface area contributed by atoms with Crippen LogP contribution in [0.4, 0.5) is 0 Å². The molecule has 4 aliphatic carbocycles. The van der Waals surface area contributed by atoms with Crippen molar-refractivity contribution < 1.29 is 24.1 Å². The zero-order chi connectivity index (χ0) is 27.2. The van der Waals surface area contributed by atoms with Crippen molar-refractivity contribution in [1.82, 2.24) is 4.90 Å². The summed E-state index contributed by atoms with van der Waals surface area (Å²) in [5, 5.41) is 12.0. The number of hydrogen-bond donors (Lipinski definition) is 1. The molecule has 2 aliphatic heterocycles. The first-order valence-electron chi connectivity index (χ1n) is 14.8. The predicted molar refractivity (Wildman–Crippen MR) is 148 cm³/mol. The Morgan fingerprint density at radius 3 is 2.79 bits per heavy atom. The summed E-state index contributed by atoms with van der Waals surface area (Å²) in [5.41, 5.74) is 2.87. The molecule has 3 fully saturated rings. The number of hydrogen-bond acceptors (Lipinski definition) is 6. The molecule has 208 valence electrons. The average molecular weight is 532 g/mol. The second-order valence-electron chi connectivity index (χ2n) is 13.7. The Balaban J connectivity index is 1.19. The molecule has 0 unspecified atom stereocenters. The molecule has 7 rings (SSSR count). The number of allylic oxidation sites excluding steroid dienone is 1. The summed E-state index contributed by atoms with van der Waals surface area (Å²) in [6, 6.07) is 1.90. The van der Waals surface area contributed by atoms with Crippen molar-refractivity contribution in [2.24, 2.45) is 28.6 Å². The Kier molecular flexibility index (Phi) is 5.72. The number of carbonyl (C=O) groups excluding carboxylic acids is 1. The Bertz CT molecular complexity index is 1320. The van der Waals surface area contributed by atoms with E-state index in [1.807, 2.05) is 6.08 Å². The molecular weight excluding hydrogens is 490 g/mol. The molecule has 0 radical (unpaired) electrons. The number of methoxy groups -OCH3 is 1. The molecule has 1 aromatic carbocycles. The Morgan fingerprint density at radius 2 is 1.97 bits per heavy atom. The van der Waals surface area contributed by atoms with Crippen LogP contribution < -0.4 is 14.2 Å². The van der Waals surface area contributed by atoms with Gasteiger partial charge in [0.2, 0.25) is 12.5 Å². The fourth-order valence-electron chi connectivity index (χ4n) is 9.59. The molecule has 3 saturated carbocycles. The number of rotatable bonds is 1. The summed E-state index contributed by atoms with van der Waals surface area (Å²) in [7, 11) is 3.77. The highest BCUT2D eigenvalue weighted by Gasteiger charge is 2.60. The normalized spacial score (nSPS) is 40.4. The third-order valence-electron chi connectivity index (χ3n) is 11.6. The number of nitrogens with zero attached hydrogens (tertiary/aromatic N) is 1. The third-order valence-corrected chi connectivity index (χ3v) is 11.6. The second-order valence-corrected chi connectivity index (χ2v) is 13.7. The maximum absolute atomic E-state index is 12.2. The van der Waals surface area contributed by atoms with Gasteiger partial charge in [-0.25, -0.2) is 0 Å². The SMILES string of the molecule is COc1c2c(cc3c1[C@@H](C#C[C@]1(O)C[C@H]4[C@@H]5CCC6=CC(=O)CC[C@]6(C)[C@H]5CC[C@]4(C)C1)N(C)CC3)OCO2. The summed E-state index contributed by atoms with van der Waals surface area (Å²) in [6.45, 7) is 5.90. The van der Waals surface area contributed by atoms with Crippen LogP contribution in [0.5, 0.6) is 17.2 Å². The summed E-state index contributed by atoms with van der Waals surface area (Å²) in [4.78, 5) is 14.4. The van der Waals surface area contributed by atoms with Gasteiger partial charge in [0.05, 0.1) is 7.11 Å². The lowest BCUT2D eigenvalue weighted by Crippen LogP contribution is -2.49. The van der Waals surface area contributed by atoms with Gasteiger partial charge in [-0.2, -0.15) is 0 Å². The van der Waals surface area contributed by atoms with Crippen LogP contribution >= 0.6 is 0 Å². The van der Waals surface area contributed by atoms with E-state index in [-0.39, 0.29) is 23.7 Å². The highest BCUT2D eigenvalue weighted by Crippen LogP contribution is 2.66. The van der Waals surface area contributed by atoms with Gasteiger partial charge in [0, 0.05) is 18.5 Å². The minimum absolute atomic E-state index is 0.104. The molecule has 1 aromatic rings. The first kappa shape index (κ1) is 25.5. The minimum Gasteiger partial charge on any atom is -0.492 e. The number of benzene rings is 1. The van der Waals surface area contributed by atoms with E-state index in [0.29, 0.717) is 41.5 Å². The van der Waals surface area contributed by atoms with Gasteiger partial charge in [-0.15, -0.1) is 0 Å². The van der Waals surface area contributed by atoms with Crippen molar-refractivity contribution in [1.29, 1.82) is 0 Å². The molecular formula is C33H41NO5. The van der Waals surface area contributed by atoms with Gasteiger partial charge < -0.3 is 19.3 Å². The quantitative estimate of drug-likeness (QED) is 0.502. The van der Waals surface area contributed by atoms with Crippen molar-refractivity contribution in [3.63, 3.8) is 0 Å². The Labute approximate surface area is 232 Å². The standard InChI is InChI=1S/C33H41NO5/c1-31-11-8-24-23(6-5-21-16-22(35)7-12-32(21,24)2)25(31)17-33(36,18-31)13-9-26-28-20(10-14-34(26)3)15-27-29(30(28)37-4)39-19-38-27/h15-16,23-26,36H,5-8,10-12,14,17-19H2,1-4H3/t23-,24+,25+,26-,31-,32+,33+/m1/s1. The number of carbonyl (C=O) groups is 1. The van der Waals surface area contributed by atoms with E-state index in [1.165, 1.54) is 17.6 Å². The van der Waals surface area contributed by atoms with Crippen molar-refractivity contribution >= 4 is 5.78 Å². The molecule has 6 heteroatoms. The molecule has 0 amide bonds. The highest BCUT2D eigenvalue weighted by molar-refractivity contribution is 5.91. The maximum atomic E-state index is 12.2. The van der Waals surface area contributed by atoms with Gasteiger partial charge in [-0.1, -0.05) is 31.3 Å². The summed E-state index contributed by atoms with van der Waals surface area (Å²) < 4.78 is 17.3. The largest absolute Gasteiger partial charge is 0.492 e. The summed E-state index contributed by atoms with van der Waals surface area (Å²) in [5.74, 6) is 11.1. The molecule has 1 N–H and O–H groups in total. The molecule has 2 heterocycles. The first-order chi connectivity index (χ1) is 18.6. The lowest BCUT2D eigenvalue weighted by molar-refractivity contribution is -0.117. The van der Waals surface area contributed by atoms with E-state index in [9.17, 15) is 9.90 Å². The molecule has 7 atom stereocenters. The molecule has 39 heavy (non-hydrogen) atoms. The van der Waals surface area contributed by atoms with Gasteiger partial charge in [-0.05, 0) is 105 Å². The van der Waals surface area contributed by atoms with Gasteiger partial charge in [0.1, 0.15) is 11.6 Å². The molecule has 0 aromatic heterocycles. The number of ether oxygens (including phenoxy) is 3. The van der Waals surface area contributed by atoms with E-state index in [0.717, 1.165) is 62.8 Å². The van der Waals surface area contributed by atoms with E-state index >= 15 is 0 Å². The number of fused-ring (bicyclic) bond motifs is 7. The molecule has 0 spiro atoms. The zero-order valence-corrected chi connectivity index (χ0v) is 23.8. The molecule has 0 saturated heterocycles. The van der Waals surface area contributed by atoms with Crippen LogP contribution in [-0.4, -0.2) is 48.9 Å². The van der Waals surface area contributed by atoms with Gasteiger partial charge in [-0.3, -0.25) is 9.69 Å². The highest BCUT2D eigenvalue weighted by atomic mass is 16.7. The number of likely N-dealkylation sites (N-methyl/N-ethyl adjacent to an activating group) is 1. The van der Waals surface area contributed by atoms with Gasteiger partial charge in [0.25, 0.3) is 0 Å². The van der Waals surface area contributed by atoms with Gasteiger partial charge in [0.15, 0.2) is 17.3 Å². The lowest BCUT2D eigenvalue weighted by atomic mass is 9.47. The molecule has 0 bridgehead atoms. The van der Waals surface area contributed by atoms with Crippen molar-refractivity contribution in [2.75, 3.05) is 27.5 Å². The maximum Gasteiger partial charge on any atom is 0.231 e. The molecule has 6 nitrogen and oxygen atoms in total. The van der Waals surface area contributed by atoms with Gasteiger partial charge >= 0.3 is 0 Å². The lowest BCUT2D eigenvalue weighted by Gasteiger charge is -2.57. The van der Waals surface area contributed by atoms with E-state index in [2.05, 4.69) is 43.7 Å². The topological polar surface area (TPSA) is 68.2 Å². The van der Waals surface area contributed by atoms with Crippen molar-refractivity contribution in [3.8, 4) is 29.1 Å².